The highest BCUT2D eigenvalue weighted by molar-refractivity contribution is 8.00. The second-order valence-corrected chi connectivity index (χ2v) is 7.76. The van der Waals surface area contributed by atoms with Crippen LogP contribution in [0, 0.1) is 0 Å². The van der Waals surface area contributed by atoms with Crippen LogP contribution in [0.1, 0.15) is 24.0 Å². The Morgan fingerprint density at radius 2 is 1.72 bits per heavy atom. The van der Waals surface area contributed by atoms with Crippen LogP contribution in [0.15, 0.2) is 53.4 Å². The minimum absolute atomic E-state index is 0.0518. The van der Waals surface area contributed by atoms with Gasteiger partial charge in [-0.3, -0.25) is 9.69 Å². The van der Waals surface area contributed by atoms with Gasteiger partial charge < -0.3 is 5.32 Å². The number of amides is 1. The highest BCUT2D eigenvalue weighted by Crippen LogP contribution is 2.20. The molecule has 2 aromatic carbocycles. The van der Waals surface area contributed by atoms with Crippen LogP contribution in [-0.4, -0.2) is 29.6 Å². The third kappa shape index (κ3) is 5.77. The molecular formula is C20H23ClN2OS. The zero-order valence-corrected chi connectivity index (χ0v) is 15.8. The first-order chi connectivity index (χ1) is 12.2. The third-order valence-electron chi connectivity index (χ3n) is 4.37. The SMILES string of the molecule is O=C(CSc1ccc(Cl)cc1)NCc1ccccc1CN1CCCC1. The van der Waals surface area contributed by atoms with Crippen molar-refractivity contribution in [3.63, 3.8) is 0 Å². The van der Waals surface area contributed by atoms with E-state index in [4.69, 9.17) is 11.6 Å². The Morgan fingerprint density at radius 3 is 2.44 bits per heavy atom. The van der Waals surface area contributed by atoms with E-state index in [9.17, 15) is 4.79 Å². The summed E-state index contributed by atoms with van der Waals surface area (Å²) in [5, 5.41) is 3.75. The predicted octanol–water partition coefficient (Wildman–Crippen LogP) is 4.34. The monoisotopic (exact) mass is 374 g/mol. The molecule has 0 bridgehead atoms. The number of nitrogens with one attached hydrogen (secondary N) is 1. The molecule has 0 atom stereocenters. The number of nitrogens with zero attached hydrogens (tertiary/aromatic N) is 1. The Kier molecular flexibility index (Phi) is 6.79. The molecule has 2 aromatic rings. The Labute approximate surface area is 158 Å². The number of carbonyl (C=O) groups is 1. The van der Waals surface area contributed by atoms with Crippen molar-refractivity contribution < 1.29 is 4.79 Å². The lowest BCUT2D eigenvalue weighted by atomic mass is 10.1. The van der Waals surface area contributed by atoms with E-state index in [1.54, 1.807) is 0 Å². The Bertz CT molecular complexity index is 699. The molecular weight excluding hydrogens is 352 g/mol. The molecule has 3 rings (SSSR count). The minimum atomic E-state index is 0.0518. The van der Waals surface area contributed by atoms with E-state index in [0.29, 0.717) is 17.3 Å². The first-order valence-corrected chi connectivity index (χ1v) is 10.0. The van der Waals surface area contributed by atoms with Gasteiger partial charge in [0.1, 0.15) is 0 Å². The molecule has 0 saturated carbocycles. The van der Waals surface area contributed by atoms with E-state index in [1.807, 2.05) is 30.3 Å². The van der Waals surface area contributed by atoms with Gasteiger partial charge in [0, 0.05) is 23.0 Å². The average Bonchev–Trinajstić information content (AvgIpc) is 3.13. The van der Waals surface area contributed by atoms with E-state index in [1.165, 1.54) is 48.8 Å². The molecule has 0 aliphatic carbocycles. The second kappa shape index (κ2) is 9.27. The van der Waals surface area contributed by atoms with E-state index in [2.05, 4.69) is 28.4 Å². The number of halogens is 1. The fraction of sp³-hybridized carbons (Fsp3) is 0.350. The summed E-state index contributed by atoms with van der Waals surface area (Å²) in [4.78, 5) is 15.7. The molecule has 132 valence electrons. The molecule has 1 saturated heterocycles. The highest BCUT2D eigenvalue weighted by atomic mass is 35.5. The molecule has 3 nitrogen and oxygen atoms in total. The van der Waals surface area contributed by atoms with Gasteiger partial charge in [0.25, 0.3) is 0 Å². The van der Waals surface area contributed by atoms with Crippen molar-refractivity contribution in [3.05, 3.63) is 64.7 Å². The van der Waals surface area contributed by atoms with Crippen molar-refractivity contribution in [1.82, 2.24) is 10.2 Å². The van der Waals surface area contributed by atoms with E-state index < -0.39 is 0 Å². The quantitative estimate of drug-likeness (QED) is 0.731. The summed E-state index contributed by atoms with van der Waals surface area (Å²) in [5.74, 6) is 0.464. The second-order valence-electron chi connectivity index (χ2n) is 6.27. The lowest BCUT2D eigenvalue weighted by molar-refractivity contribution is -0.118. The zero-order valence-electron chi connectivity index (χ0n) is 14.2. The van der Waals surface area contributed by atoms with Crippen LogP contribution in [-0.2, 0) is 17.9 Å². The van der Waals surface area contributed by atoms with Crippen LogP contribution in [0.5, 0.6) is 0 Å². The summed E-state index contributed by atoms with van der Waals surface area (Å²) in [6.07, 6.45) is 2.58. The molecule has 0 aromatic heterocycles. The lowest BCUT2D eigenvalue weighted by Crippen LogP contribution is -2.26. The van der Waals surface area contributed by atoms with Crippen LogP contribution >= 0.6 is 23.4 Å². The van der Waals surface area contributed by atoms with Crippen LogP contribution in [0.2, 0.25) is 5.02 Å². The molecule has 0 radical (unpaired) electrons. The summed E-state index contributed by atoms with van der Waals surface area (Å²) >= 11 is 7.40. The summed E-state index contributed by atoms with van der Waals surface area (Å²) in [7, 11) is 0. The van der Waals surface area contributed by atoms with Crippen LogP contribution in [0.25, 0.3) is 0 Å². The number of benzene rings is 2. The normalized spacial score (nSPS) is 14.6. The average molecular weight is 375 g/mol. The molecule has 1 N–H and O–H groups in total. The van der Waals surface area contributed by atoms with Gasteiger partial charge in [-0.15, -0.1) is 11.8 Å². The fourth-order valence-electron chi connectivity index (χ4n) is 2.99. The van der Waals surface area contributed by atoms with E-state index in [-0.39, 0.29) is 5.91 Å². The summed E-state index contributed by atoms with van der Waals surface area (Å²) in [5.41, 5.74) is 2.52. The summed E-state index contributed by atoms with van der Waals surface area (Å²) in [6, 6.07) is 16.0. The third-order valence-corrected chi connectivity index (χ3v) is 5.63. The number of rotatable bonds is 7. The number of hydrogen-bond acceptors (Lipinski definition) is 3. The molecule has 1 amide bonds. The van der Waals surface area contributed by atoms with Gasteiger partial charge in [0.15, 0.2) is 0 Å². The lowest BCUT2D eigenvalue weighted by Gasteiger charge is -2.17. The highest BCUT2D eigenvalue weighted by Gasteiger charge is 2.13. The maximum absolute atomic E-state index is 12.1. The van der Waals surface area contributed by atoms with Gasteiger partial charge in [0.05, 0.1) is 5.75 Å². The maximum atomic E-state index is 12.1. The predicted molar refractivity (Wildman–Crippen MR) is 105 cm³/mol. The van der Waals surface area contributed by atoms with E-state index in [0.717, 1.165) is 11.4 Å². The molecule has 1 aliphatic heterocycles. The zero-order chi connectivity index (χ0) is 17.5. The molecule has 0 unspecified atom stereocenters. The van der Waals surface area contributed by atoms with Gasteiger partial charge in [0.2, 0.25) is 5.91 Å². The largest absolute Gasteiger partial charge is 0.351 e. The van der Waals surface area contributed by atoms with Crippen molar-refractivity contribution in [2.24, 2.45) is 0 Å². The van der Waals surface area contributed by atoms with Crippen molar-refractivity contribution >= 4 is 29.3 Å². The topological polar surface area (TPSA) is 32.3 Å². The first kappa shape index (κ1) is 18.3. The summed E-state index contributed by atoms with van der Waals surface area (Å²) in [6.45, 7) is 3.92. The Balaban J connectivity index is 1.49. The minimum Gasteiger partial charge on any atom is -0.351 e. The van der Waals surface area contributed by atoms with Crippen LogP contribution in [0.3, 0.4) is 0 Å². The number of hydrogen-bond donors (Lipinski definition) is 1. The molecule has 25 heavy (non-hydrogen) atoms. The molecule has 1 heterocycles. The van der Waals surface area contributed by atoms with Crippen molar-refractivity contribution in [1.29, 1.82) is 0 Å². The Morgan fingerprint density at radius 1 is 1.04 bits per heavy atom. The number of thioether (sulfide) groups is 1. The molecule has 1 fully saturated rings. The Hall–Kier alpha value is -1.49. The molecule has 0 spiro atoms. The van der Waals surface area contributed by atoms with Gasteiger partial charge in [-0.25, -0.2) is 0 Å². The first-order valence-electron chi connectivity index (χ1n) is 8.65. The van der Waals surface area contributed by atoms with Gasteiger partial charge in [-0.2, -0.15) is 0 Å². The molecule has 1 aliphatic rings. The van der Waals surface area contributed by atoms with Crippen molar-refractivity contribution in [2.45, 2.75) is 30.8 Å². The van der Waals surface area contributed by atoms with Gasteiger partial charge in [-0.1, -0.05) is 35.9 Å². The smallest absolute Gasteiger partial charge is 0.230 e. The fourth-order valence-corrected chi connectivity index (χ4v) is 3.84. The van der Waals surface area contributed by atoms with Gasteiger partial charge in [-0.05, 0) is 61.3 Å². The van der Waals surface area contributed by atoms with Crippen LogP contribution in [0.4, 0.5) is 0 Å². The molecule has 5 heteroatoms. The van der Waals surface area contributed by atoms with E-state index >= 15 is 0 Å². The number of carbonyl (C=O) groups excluding carboxylic acids is 1. The number of likely N-dealkylation sites (tertiary alicyclic amines) is 1. The standard InChI is InChI=1S/C20H23ClN2OS/c21-18-7-9-19(10-8-18)25-15-20(24)22-13-16-5-1-2-6-17(16)14-23-11-3-4-12-23/h1-2,5-10H,3-4,11-15H2,(H,22,24). The van der Waals surface area contributed by atoms with Crippen LogP contribution < -0.4 is 5.32 Å². The van der Waals surface area contributed by atoms with Crippen molar-refractivity contribution in [3.8, 4) is 0 Å². The van der Waals surface area contributed by atoms with Gasteiger partial charge >= 0.3 is 0 Å². The summed E-state index contributed by atoms with van der Waals surface area (Å²) < 4.78 is 0. The van der Waals surface area contributed by atoms with Crippen molar-refractivity contribution in [2.75, 3.05) is 18.8 Å². The maximum Gasteiger partial charge on any atom is 0.230 e.